The molecule has 5 N–H and O–H groups in total. The molecule has 2 aromatic heterocycles. The summed E-state index contributed by atoms with van der Waals surface area (Å²) in [4.78, 5) is 14.8. The van der Waals surface area contributed by atoms with E-state index >= 15 is 0 Å². The lowest BCUT2D eigenvalue weighted by Crippen LogP contribution is -2.22. The summed E-state index contributed by atoms with van der Waals surface area (Å²) < 4.78 is 7.31. The van der Waals surface area contributed by atoms with Crippen LogP contribution in [0.4, 0.5) is 11.8 Å². The van der Waals surface area contributed by atoms with Crippen molar-refractivity contribution in [3.8, 4) is 0 Å². The number of aromatic nitrogens is 4. The summed E-state index contributed by atoms with van der Waals surface area (Å²) in [5, 5.41) is 12.9. The number of fused-ring (bicyclic) bond motifs is 1. The van der Waals surface area contributed by atoms with Crippen LogP contribution >= 0.6 is 0 Å². The summed E-state index contributed by atoms with van der Waals surface area (Å²) >= 11 is 0. The third-order valence-electron chi connectivity index (χ3n) is 3.36. The Kier molecular flexibility index (Phi) is 3.22. The maximum absolute atomic E-state index is 9.28. The molecule has 3 atom stereocenters. The number of aliphatic hydroxyl groups is 1. The number of imidazole rings is 1. The lowest BCUT2D eigenvalue weighted by atomic mass is 10.1. The Morgan fingerprint density at radius 2 is 2.33 bits per heavy atom. The molecule has 0 aromatic carbocycles. The standard InChI is InChI=1S/C10H13N9O2/c11-8-7-9(16-10(12)15-8)19(3-14-7)6-1-4(17-18-13)5(2-20)21-6/h3-6,20H,1-2H2,(H4,11,12,15,16). The molecule has 1 aliphatic heterocycles. The smallest absolute Gasteiger partial charge is 0.224 e. The molecule has 21 heavy (non-hydrogen) atoms. The first-order valence-corrected chi connectivity index (χ1v) is 6.20. The molecule has 11 nitrogen and oxygen atoms in total. The zero-order chi connectivity index (χ0) is 15.0. The fourth-order valence-corrected chi connectivity index (χ4v) is 2.40. The van der Waals surface area contributed by atoms with Crippen molar-refractivity contribution in [1.29, 1.82) is 0 Å². The van der Waals surface area contributed by atoms with Crippen molar-refractivity contribution in [2.45, 2.75) is 24.8 Å². The number of nitrogens with zero attached hydrogens (tertiary/aromatic N) is 7. The lowest BCUT2D eigenvalue weighted by molar-refractivity contribution is -0.0232. The van der Waals surface area contributed by atoms with Crippen LogP contribution in [0.3, 0.4) is 0 Å². The van der Waals surface area contributed by atoms with Crippen molar-refractivity contribution >= 4 is 22.9 Å². The maximum atomic E-state index is 9.28. The van der Waals surface area contributed by atoms with Gasteiger partial charge in [0.2, 0.25) is 5.95 Å². The summed E-state index contributed by atoms with van der Waals surface area (Å²) in [6, 6.07) is -0.459. The molecule has 3 rings (SSSR count). The summed E-state index contributed by atoms with van der Waals surface area (Å²) in [5.74, 6) is 0.213. The minimum atomic E-state index is -0.570. The average Bonchev–Trinajstić information content (AvgIpc) is 3.02. The van der Waals surface area contributed by atoms with Crippen LogP contribution in [0.15, 0.2) is 11.4 Å². The van der Waals surface area contributed by atoms with Gasteiger partial charge >= 0.3 is 0 Å². The van der Waals surface area contributed by atoms with E-state index in [1.54, 1.807) is 4.57 Å². The van der Waals surface area contributed by atoms with Gasteiger partial charge in [0.15, 0.2) is 11.5 Å². The van der Waals surface area contributed by atoms with Gasteiger partial charge in [-0.2, -0.15) is 9.97 Å². The zero-order valence-corrected chi connectivity index (χ0v) is 10.9. The van der Waals surface area contributed by atoms with Gasteiger partial charge in [-0.25, -0.2) is 4.98 Å². The van der Waals surface area contributed by atoms with E-state index < -0.39 is 18.4 Å². The van der Waals surface area contributed by atoms with Crippen molar-refractivity contribution in [3.05, 3.63) is 16.8 Å². The van der Waals surface area contributed by atoms with Crippen molar-refractivity contribution in [3.63, 3.8) is 0 Å². The van der Waals surface area contributed by atoms with E-state index in [1.807, 2.05) is 0 Å². The van der Waals surface area contributed by atoms with Crippen LogP contribution in [0.25, 0.3) is 21.6 Å². The molecule has 1 saturated heterocycles. The third-order valence-corrected chi connectivity index (χ3v) is 3.36. The number of hydrogen-bond donors (Lipinski definition) is 3. The number of nitrogen functional groups attached to an aromatic ring is 2. The van der Waals surface area contributed by atoms with Crippen LogP contribution in [-0.4, -0.2) is 43.4 Å². The maximum Gasteiger partial charge on any atom is 0.224 e. The Morgan fingerprint density at radius 1 is 1.52 bits per heavy atom. The Labute approximate surface area is 118 Å². The van der Waals surface area contributed by atoms with Crippen molar-refractivity contribution in [2.24, 2.45) is 5.11 Å². The highest BCUT2D eigenvalue weighted by atomic mass is 16.5. The lowest BCUT2D eigenvalue weighted by Gasteiger charge is -2.14. The predicted molar refractivity (Wildman–Crippen MR) is 72.7 cm³/mol. The molecular weight excluding hydrogens is 278 g/mol. The number of rotatable bonds is 3. The number of hydrogen-bond acceptors (Lipinski definition) is 8. The molecule has 0 saturated carbocycles. The molecule has 1 fully saturated rings. The first-order chi connectivity index (χ1) is 10.1. The zero-order valence-electron chi connectivity index (χ0n) is 10.9. The molecule has 110 valence electrons. The Morgan fingerprint density at radius 3 is 3.05 bits per heavy atom. The first-order valence-electron chi connectivity index (χ1n) is 6.20. The van der Waals surface area contributed by atoms with Crippen LogP contribution in [0, 0.1) is 0 Å². The highest BCUT2D eigenvalue weighted by molar-refractivity contribution is 5.82. The van der Waals surface area contributed by atoms with E-state index in [0.717, 1.165) is 0 Å². The number of aliphatic hydroxyl groups excluding tert-OH is 1. The van der Waals surface area contributed by atoms with E-state index in [-0.39, 0.29) is 18.4 Å². The molecule has 0 radical (unpaired) electrons. The van der Waals surface area contributed by atoms with E-state index in [4.69, 9.17) is 21.7 Å². The minimum Gasteiger partial charge on any atom is -0.394 e. The average molecular weight is 291 g/mol. The second-order valence-corrected chi connectivity index (χ2v) is 4.61. The Hall–Kier alpha value is -2.62. The topological polar surface area (TPSA) is 174 Å². The molecule has 3 heterocycles. The van der Waals surface area contributed by atoms with E-state index in [0.29, 0.717) is 17.6 Å². The fourth-order valence-electron chi connectivity index (χ4n) is 2.40. The summed E-state index contributed by atoms with van der Waals surface area (Å²) in [5.41, 5.74) is 20.7. The van der Waals surface area contributed by atoms with E-state index in [1.165, 1.54) is 6.33 Å². The molecule has 2 aromatic rings. The SMILES string of the molecule is [N-]=[N+]=NC1CC(n2cnc3c(N)nc(N)nc32)OC1CO. The number of ether oxygens (including phenoxy) is 1. The van der Waals surface area contributed by atoms with Crippen LogP contribution in [0.1, 0.15) is 12.6 Å². The summed E-state index contributed by atoms with van der Waals surface area (Å²) in [6.45, 7) is -0.244. The van der Waals surface area contributed by atoms with Crippen LogP contribution in [0.2, 0.25) is 0 Å². The molecule has 11 heteroatoms. The predicted octanol–water partition coefficient (Wildman–Crippen LogP) is -0.0506. The van der Waals surface area contributed by atoms with Crippen LogP contribution in [0.5, 0.6) is 0 Å². The van der Waals surface area contributed by atoms with Crippen LogP contribution in [-0.2, 0) is 4.74 Å². The van der Waals surface area contributed by atoms with Crippen molar-refractivity contribution in [2.75, 3.05) is 18.1 Å². The second-order valence-electron chi connectivity index (χ2n) is 4.61. The second kappa shape index (κ2) is 5.05. The van der Waals surface area contributed by atoms with Gasteiger partial charge in [-0.3, -0.25) is 4.57 Å². The van der Waals surface area contributed by atoms with Crippen molar-refractivity contribution in [1.82, 2.24) is 19.5 Å². The largest absolute Gasteiger partial charge is 0.394 e. The molecular formula is C10H13N9O2. The van der Waals surface area contributed by atoms with Gasteiger partial charge in [0.25, 0.3) is 0 Å². The third kappa shape index (κ3) is 2.18. The van der Waals surface area contributed by atoms with Crippen LogP contribution < -0.4 is 11.5 Å². The molecule has 0 spiro atoms. The molecule has 3 unspecified atom stereocenters. The van der Waals surface area contributed by atoms with Gasteiger partial charge in [-0.1, -0.05) is 5.11 Å². The van der Waals surface area contributed by atoms with Gasteiger partial charge in [0, 0.05) is 11.3 Å². The van der Waals surface area contributed by atoms with E-state index in [9.17, 15) is 5.11 Å². The van der Waals surface area contributed by atoms with E-state index in [2.05, 4.69) is 25.0 Å². The van der Waals surface area contributed by atoms with Gasteiger partial charge in [0.05, 0.1) is 25.1 Å². The quantitative estimate of drug-likeness (QED) is 0.403. The summed E-state index contributed by atoms with van der Waals surface area (Å²) in [6.07, 6.45) is 0.855. The number of anilines is 2. The fraction of sp³-hybridized carbons (Fsp3) is 0.500. The Bertz CT molecular complexity index is 723. The normalized spacial score (nSPS) is 25.1. The monoisotopic (exact) mass is 291 g/mol. The number of azide groups is 1. The number of nitrogens with two attached hydrogens (primary N) is 2. The molecule has 0 bridgehead atoms. The molecule has 1 aliphatic rings. The first kappa shape index (κ1) is 13.4. The van der Waals surface area contributed by atoms with Gasteiger partial charge in [-0.05, 0) is 5.53 Å². The highest BCUT2D eigenvalue weighted by Crippen LogP contribution is 2.33. The minimum absolute atomic E-state index is 0.0325. The van der Waals surface area contributed by atoms with Gasteiger partial charge < -0.3 is 21.3 Å². The van der Waals surface area contributed by atoms with Crippen molar-refractivity contribution < 1.29 is 9.84 Å². The molecule has 0 amide bonds. The Balaban J connectivity index is 2.00. The van der Waals surface area contributed by atoms with Gasteiger partial charge in [-0.15, -0.1) is 0 Å². The molecule has 0 aliphatic carbocycles. The highest BCUT2D eigenvalue weighted by Gasteiger charge is 2.36. The van der Waals surface area contributed by atoms with Gasteiger partial charge in [0.1, 0.15) is 11.7 Å². The summed E-state index contributed by atoms with van der Waals surface area (Å²) in [7, 11) is 0.